The molecule has 1 unspecified atom stereocenters. The number of amides is 2. The van der Waals surface area contributed by atoms with Crippen molar-refractivity contribution < 1.29 is 14.7 Å². The summed E-state index contributed by atoms with van der Waals surface area (Å²) in [5, 5.41) is 11.9. The normalized spacial score (nSPS) is 27.7. The third kappa shape index (κ3) is 3.87. The zero-order valence-corrected chi connectivity index (χ0v) is 12.5. The van der Waals surface area contributed by atoms with Crippen LogP contribution in [0.3, 0.4) is 0 Å². The van der Waals surface area contributed by atoms with Crippen LogP contribution in [0.15, 0.2) is 0 Å². The first-order valence-electron chi connectivity index (χ1n) is 7.73. The van der Waals surface area contributed by atoms with Crippen molar-refractivity contribution in [2.24, 2.45) is 17.8 Å². The first-order chi connectivity index (χ1) is 9.49. The van der Waals surface area contributed by atoms with Crippen LogP contribution < -0.4 is 5.32 Å². The van der Waals surface area contributed by atoms with Crippen molar-refractivity contribution in [1.29, 1.82) is 0 Å². The molecule has 2 aliphatic carbocycles. The van der Waals surface area contributed by atoms with Gasteiger partial charge in [-0.1, -0.05) is 39.0 Å². The summed E-state index contributed by atoms with van der Waals surface area (Å²) in [4.78, 5) is 24.3. The van der Waals surface area contributed by atoms with Gasteiger partial charge in [-0.15, -0.1) is 0 Å². The molecular weight excluding hydrogens is 256 g/mol. The van der Waals surface area contributed by atoms with Gasteiger partial charge in [-0.2, -0.15) is 0 Å². The van der Waals surface area contributed by atoms with E-state index in [2.05, 4.69) is 5.32 Å². The minimum absolute atomic E-state index is 0.138. The summed E-state index contributed by atoms with van der Waals surface area (Å²) < 4.78 is 0. The summed E-state index contributed by atoms with van der Waals surface area (Å²) in [5.41, 5.74) is 0. The maximum Gasteiger partial charge on any atom is 0.317 e. The van der Waals surface area contributed by atoms with Crippen LogP contribution in [0.1, 0.15) is 45.4 Å². The lowest BCUT2D eigenvalue weighted by Gasteiger charge is -2.23. The Morgan fingerprint density at radius 1 is 1.30 bits per heavy atom. The second kappa shape index (κ2) is 6.46. The topological polar surface area (TPSA) is 69.6 Å². The minimum Gasteiger partial charge on any atom is -0.481 e. The average Bonchev–Trinajstić information content (AvgIpc) is 3.18. The number of aliphatic carboxylic acids is 1. The zero-order chi connectivity index (χ0) is 14.7. The fourth-order valence-electron chi connectivity index (χ4n) is 3.30. The number of carboxylic acids is 1. The summed E-state index contributed by atoms with van der Waals surface area (Å²) in [6, 6.07) is 0.176. The van der Waals surface area contributed by atoms with Crippen molar-refractivity contribution in [2.45, 2.75) is 51.5 Å². The van der Waals surface area contributed by atoms with E-state index < -0.39 is 11.9 Å². The highest BCUT2D eigenvalue weighted by Crippen LogP contribution is 2.44. The van der Waals surface area contributed by atoms with Crippen LogP contribution in [0.2, 0.25) is 0 Å². The van der Waals surface area contributed by atoms with Gasteiger partial charge in [-0.05, 0) is 18.3 Å². The molecule has 2 fully saturated rings. The Labute approximate surface area is 120 Å². The molecule has 0 aromatic carbocycles. The number of carbonyl (C=O) groups excluding carboxylic acids is 1. The highest BCUT2D eigenvalue weighted by Gasteiger charge is 2.44. The molecule has 2 saturated carbocycles. The van der Waals surface area contributed by atoms with Crippen LogP contribution in [0.4, 0.5) is 4.79 Å². The van der Waals surface area contributed by atoms with Crippen LogP contribution in [-0.2, 0) is 4.79 Å². The third-order valence-corrected chi connectivity index (χ3v) is 4.72. The molecule has 5 heteroatoms. The molecule has 0 aromatic rings. The molecule has 114 valence electrons. The van der Waals surface area contributed by atoms with Crippen molar-refractivity contribution in [3.05, 3.63) is 0 Å². The fraction of sp³-hybridized carbons (Fsp3) is 0.867. The highest BCUT2D eigenvalue weighted by atomic mass is 16.4. The van der Waals surface area contributed by atoms with Crippen LogP contribution in [0.25, 0.3) is 0 Å². The van der Waals surface area contributed by atoms with E-state index in [0.29, 0.717) is 12.0 Å². The van der Waals surface area contributed by atoms with Crippen LogP contribution in [0, 0.1) is 17.8 Å². The fourth-order valence-corrected chi connectivity index (χ4v) is 3.30. The second-order valence-electron chi connectivity index (χ2n) is 6.47. The van der Waals surface area contributed by atoms with E-state index in [1.54, 1.807) is 14.0 Å². The maximum absolute atomic E-state index is 12.0. The number of carboxylic acid groups (broad SMARTS) is 1. The SMILES string of the molecule is CC(CN(C)C(=O)N[C@@H]1C[C@H]1C1CCCCC1)C(=O)O. The molecule has 20 heavy (non-hydrogen) atoms. The Balaban J connectivity index is 1.71. The molecule has 2 N–H and O–H groups in total. The molecule has 0 aromatic heterocycles. The number of carbonyl (C=O) groups is 2. The number of nitrogens with zero attached hydrogens (tertiary/aromatic N) is 1. The Morgan fingerprint density at radius 3 is 2.55 bits per heavy atom. The lowest BCUT2D eigenvalue weighted by atomic mass is 9.85. The Kier molecular flexibility index (Phi) is 4.89. The molecule has 0 radical (unpaired) electrons. The van der Waals surface area contributed by atoms with Crippen molar-refractivity contribution in [2.75, 3.05) is 13.6 Å². The van der Waals surface area contributed by atoms with Gasteiger partial charge in [0, 0.05) is 19.6 Å². The first kappa shape index (κ1) is 15.1. The van der Waals surface area contributed by atoms with E-state index in [1.807, 2.05) is 0 Å². The predicted octanol–water partition coefficient (Wildman–Crippen LogP) is 2.32. The molecule has 3 atom stereocenters. The van der Waals surface area contributed by atoms with Gasteiger partial charge in [0.1, 0.15) is 0 Å². The van der Waals surface area contributed by atoms with Gasteiger partial charge in [0.15, 0.2) is 0 Å². The molecule has 2 rings (SSSR count). The van der Waals surface area contributed by atoms with E-state index in [-0.39, 0.29) is 12.6 Å². The smallest absolute Gasteiger partial charge is 0.317 e. The number of urea groups is 1. The molecule has 5 nitrogen and oxygen atoms in total. The third-order valence-electron chi connectivity index (χ3n) is 4.72. The van der Waals surface area contributed by atoms with Crippen LogP contribution in [0.5, 0.6) is 0 Å². The molecule has 0 bridgehead atoms. The molecule has 0 aliphatic heterocycles. The van der Waals surface area contributed by atoms with E-state index >= 15 is 0 Å². The van der Waals surface area contributed by atoms with E-state index in [9.17, 15) is 9.59 Å². The summed E-state index contributed by atoms with van der Waals surface area (Å²) >= 11 is 0. The molecule has 2 amide bonds. The van der Waals surface area contributed by atoms with E-state index in [0.717, 1.165) is 12.3 Å². The van der Waals surface area contributed by atoms with Crippen molar-refractivity contribution in [3.8, 4) is 0 Å². The number of rotatable bonds is 5. The van der Waals surface area contributed by atoms with Gasteiger partial charge in [0.25, 0.3) is 0 Å². The summed E-state index contributed by atoms with van der Waals surface area (Å²) in [5.74, 6) is 0.0529. The molecule has 2 aliphatic rings. The number of nitrogens with one attached hydrogen (secondary N) is 1. The Bertz CT molecular complexity index is 366. The van der Waals surface area contributed by atoms with E-state index in [4.69, 9.17) is 5.11 Å². The molecule has 0 saturated heterocycles. The number of hydrogen-bond acceptors (Lipinski definition) is 2. The van der Waals surface area contributed by atoms with Gasteiger partial charge in [-0.3, -0.25) is 4.79 Å². The van der Waals surface area contributed by atoms with Gasteiger partial charge < -0.3 is 15.3 Å². The van der Waals surface area contributed by atoms with Crippen molar-refractivity contribution >= 4 is 12.0 Å². The number of hydrogen-bond donors (Lipinski definition) is 2. The molecule has 0 spiro atoms. The molecule has 0 heterocycles. The monoisotopic (exact) mass is 282 g/mol. The summed E-state index contributed by atoms with van der Waals surface area (Å²) in [7, 11) is 1.66. The lowest BCUT2D eigenvalue weighted by Crippen LogP contribution is -2.42. The summed E-state index contributed by atoms with van der Waals surface area (Å²) in [6.07, 6.45) is 7.73. The van der Waals surface area contributed by atoms with Gasteiger partial charge in [0.2, 0.25) is 0 Å². The maximum atomic E-state index is 12.0. The lowest BCUT2D eigenvalue weighted by molar-refractivity contribution is -0.141. The minimum atomic E-state index is -0.865. The van der Waals surface area contributed by atoms with Crippen LogP contribution >= 0.6 is 0 Å². The second-order valence-corrected chi connectivity index (χ2v) is 6.47. The zero-order valence-electron chi connectivity index (χ0n) is 12.5. The quantitative estimate of drug-likeness (QED) is 0.813. The molecular formula is C15H26N2O3. The van der Waals surface area contributed by atoms with Crippen molar-refractivity contribution in [3.63, 3.8) is 0 Å². The van der Waals surface area contributed by atoms with Gasteiger partial charge in [-0.25, -0.2) is 4.79 Å². The van der Waals surface area contributed by atoms with Crippen LogP contribution in [-0.4, -0.2) is 41.6 Å². The Morgan fingerprint density at radius 2 is 1.95 bits per heavy atom. The van der Waals surface area contributed by atoms with Gasteiger partial charge in [0.05, 0.1) is 5.92 Å². The predicted molar refractivity (Wildman–Crippen MR) is 76.4 cm³/mol. The summed E-state index contributed by atoms with van der Waals surface area (Å²) in [6.45, 7) is 1.87. The standard InChI is InChI=1S/C15H26N2O3/c1-10(14(18)19)9-17(2)15(20)16-13-8-12(13)11-6-4-3-5-7-11/h10-13H,3-9H2,1-2H3,(H,16,20)(H,18,19)/t10?,12-,13+/m0/s1. The van der Waals surface area contributed by atoms with Crippen molar-refractivity contribution in [1.82, 2.24) is 10.2 Å². The highest BCUT2D eigenvalue weighted by molar-refractivity contribution is 5.76. The Hall–Kier alpha value is -1.26. The first-order valence-corrected chi connectivity index (χ1v) is 7.73. The largest absolute Gasteiger partial charge is 0.481 e. The van der Waals surface area contributed by atoms with E-state index in [1.165, 1.54) is 37.0 Å². The van der Waals surface area contributed by atoms with Gasteiger partial charge >= 0.3 is 12.0 Å². The average molecular weight is 282 g/mol.